The molecular weight excluding hydrogens is 488 g/mol. The molecule has 0 fully saturated rings. The van der Waals surface area contributed by atoms with E-state index in [2.05, 4.69) is 17.6 Å². The Balaban J connectivity index is 1.67. The van der Waals surface area contributed by atoms with Crippen molar-refractivity contribution >= 4 is 29.2 Å². The van der Waals surface area contributed by atoms with Crippen molar-refractivity contribution in [3.05, 3.63) is 60.7 Å². The normalized spacial score (nSPS) is 10.8. The van der Waals surface area contributed by atoms with Gasteiger partial charge in [0, 0.05) is 17.8 Å². The molecule has 0 saturated heterocycles. The highest BCUT2D eigenvalue weighted by Crippen LogP contribution is 2.16. The van der Waals surface area contributed by atoms with Gasteiger partial charge in [0.15, 0.2) is 0 Å². The number of nitrogens with one attached hydrogen (secondary N) is 2. The van der Waals surface area contributed by atoms with Gasteiger partial charge < -0.3 is 15.4 Å². The Hall–Kier alpha value is -3.15. The summed E-state index contributed by atoms with van der Waals surface area (Å²) in [5, 5.41) is 5.60. The number of carbonyl (C=O) groups is 3. The lowest BCUT2D eigenvalue weighted by Crippen LogP contribution is -2.29. The molecule has 0 aromatic heterocycles. The Morgan fingerprint density at radius 3 is 1.38 bits per heavy atom. The second-order valence-corrected chi connectivity index (χ2v) is 10.3. The lowest BCUT2D eigenvalue weighted by atomic mass is 10.0. The Morgan fingerprint density at radius 2 is 0.974 bits per heavy atom. The van der Waals surface area contributed by atoms with Crippen molar-refractivity contribution < 1.29 is 19.1 Å². The zero-order valence-corrected chi connectivity index (χ0v) is 23.8. The first kappa shape index (κ1) is 32.1. The number of rotatable bonds is 21. The van der Waals surface area contributed by atoms with Crippen LogP contribution in [0, 0.1) is 0 Å². The fourth-order valence-corrected chi connectivity index (χ4v) is 4.57. The summed E-state index contributed by atoms with van der Waals surface area (Å²) in [6.07, 6.45) is 15.4. The minimum Gasteiger partial charge on any atom is -0.461 e. The van der Waals surface area contributed by atoms with Crippen LogP contribution in [0.15, 0.2) is 60.7 Å². The van der Waals surface area contributed by atoms with Gasteiger partial charge >= 0.3 is 5.97 Å². The molecule has 0 saturated carbocycles. The third-order valence-electron chi connectivity index (χ3n) is 6.72. The lowest BCUT2D eigenvalue weighted by Gasteiger charge is -2.18. The van der Waals surface area contributed by atoms with Crippen LogP contribution < -0.4 is 10.6 Å². The standard InChI is InChI=1S/C33H48N2O4/c1-2-3-4-5-6-7-8-9-10-11-12-13-20-25-33(38)39-30(26-31(36)34-28-21-16-14-17-22-28)27-32(37)35-29-23-18-15-19-24-29/h14-19,21-24,30H,2-13,20,25-27H2,1H3,(H,34,36)(H,35,37). The number of carbonyl (C=O) groups excluding carboxylic acids is 3. The van der Waals surface area contributed by atoms with Gasteiger partial charge in [-0.15, -0.1) is 0 Å². The number of unbranched alkanes of at least 4 members (excludes halogenated alkanes) is 12. The molecule has 0 aliphatic carbocycles. The van der Waals surface area contributed by atoms with Crippen molar-refractivity contribution in [3.63, 3.8) is 0 Å². The Labute approximate surface area is 235 Å². The maximum absolute atomic E-state index is 12.6. The van der Waals surface area contributed by atoms with Gasteiger partial charge in [0.05, 0.1) is 12.8 Å². The van der Waals surface area contributed by atoms with Gasteiger partial charge in [-0.3, -0.25) is 14.4 Å². The monoisotopic (exact) mass is 536 g/mol. The van der Waals surface area contributed by atoms with Crippen LogP contribution >= 0.6 is 0 Å². The van der Waals surface area contributed by atoms with E-state index in [1.807, 2.05) is 36.4 Å². The summed E-state index contributed by atoms with van der Waals surface area (Å²) >= 11 is 0. The molecule has 2 N–H and O–H groups in total. The van der Waals surface area contributed by atoms with Gasteiger partial charge in [-0.25, -0.2) is 0 Å². The van der Waals surface area contributed by atoms with Gasteiger partial charge in [0.25, 0.3) is 0 Å². The van der Waals surface area contributed by atoms with Gasteiger partial charge in [0.1, 0.15) is 6.10 Å². The van der Waals surface area contributed by atoms with E-state index in [1.165, 1.54) is 64.2 Å². The highest BCUT2D eigenvalue weighted by atomic mass is 16.5. The molecule has 0 radical (unpaired) electrons. The molecule has 0 aliphatic rings. The van der Waals surface area contributed by atoms with E-state index in [9.17, 15) is 14.4 Å². The van der Waals surface area contributed by atoms with Crippen LogP contribution in [0.25, 0.3) is 0 Å². The quantitative estimate of drug-likeness (QED) is 0.124. The smallest absolute Gasteiger partial charge is 0.306 e. The molecule has 0 aliphatic heterocycles. The van der Waals surface area contributed by atoms with Crippen molar-refractivity contribution in [1.82, 2.24) is 0 Å². The zero-order chi connectivity index (χ0) is 28.0. The molecule has 0 unspecified atom stereocenters. The molecule has 214 valence electrons. The van der Waals surface area contributed by atoms with Crippen molar-refractivity contribution in [2.24, 2.45) is 0 Å². The summed E-state index contributed by atoms with van der Waals surface area (Å²) in [5.41, 5.74) is 1.32. The molecule has 0 spiro atoms. The number of hydrogen-bond acceptors (Lipinski definition) is 4. The summed E-state index contributed by atoms with van der Waals surface area (Å²) in [6.45, 7) is 2.25. The molecule has 6 heteroatoms. The number of anilines is 2. The summed E-state index contributed by atoms with van der Waals surface area (Å²) in [5.74, 6) is -0.956. The molecule has 2 rings (SSSR count). The number of para-hydroxylation sites is 2. The van der Waals surface area contributed by atoms with Crippen LogP contribution in [0.4, 0.5) is 11.4 Å². The zero-order valence-electron chi connectivity index (χ0n) is 23.8. The van der Waals surface area contributed by atoms with Crippen molar-refractivity contribution in [2.75, 3.05) is 10.6 Å². The first-order chi connectivity index (χ1) is 19.1. The summed E-state index contributed by atoms with van der Waals surface area (Å²) in [6, 6.07) is 18.2. The summed E-state index contributed by atoms with van der Waals surface area (Å²) < 4.78 is 5.61. The molecule has 2 aromatic rings. The van der Waals surface area contributed by atoms with Crippen LogP contribution in [-0.2, 0) is 19.1 Å². The molecule has 2 aromatic carbocycles. The van der Waals surface area contributed by atoms with Crippen molar-refractivity contribution in [2.45, 2.75) is 116 Å². The molecule has 39 heavy (non-hydrogen) atoms. The van der Waals surface area contributed by atoms with E-state index in [1.54, 1.807) is 24.3 Å². The molecule has 0 heterocycles. The van der Waals surface area contributed by atoms with E-state index >= 15 is 0 Å². The molecule has 2 amide bonds. The SMILES string of the molecule is CCCCCCCCCCCCCCCC(=O)OC(CC(=O)Nc1ccccc1)CC(=O)Nc1ccccc1. The number of hydrogen-bond donors (Lipinski definition) is 2. The number of amides is 2. The van der Waals surface area contributed by atoms with E-state index < -0.39 is 6.10 Å². The van der Waals surface area contributed by atoms with Crippen LogP contribution in [0.2, 0.25) is 0 Å². The Bertz CT molecular complexity index is 878. The third-order valence-corrected chi connectivity index (χ3v) is 6.72. The second kappa shape index (κ2) is 20.8. The van der Waals surface area contributed by atoms with Crippen molar-refractivity contribution in [3.8, 4) is 0 Å². The van der Waals surface area contributed by atoms with E-state index in [0.717, 1.165) is 19.3 Å². The maximum atomic E-state index is 12.6. The number of esters is 1. The summed E-state index contributed by atoms with van der Waals surface area (Å²) in [7, 11) is 0. The molecular formula is C33H48N2O4. The van der Waals surface area contributed by atoms with Crippen LogP contribution in [0.3, 0.4) is 0 Å². The predicted molar refractivity (Wildman–Crippen MR) is 160 cm³/mol. The van der Waals surface area contributed by atoms with Gasteiger partial charge in [-0.1, -0.05) is 120 Å². The van der Waals surface area contributed by atoms with Gasteiger partial charge in [-0.2, -0.15) is 0 Å². The first-order valence-electron chi connectivity index (χ1n) is 15.0. The van der Waals surface area contributed by atoms with Crippen molar-refractivity contribution in [1.29, 1.82) is 0 Å². The maximum Gasteiger partial charge on any atom is 0.306 e. The molecule has 0 bridgehead atoms. The first-order valence-corrected chi connectivity index (χ1v) is 15.0. The number of benzene rings is 2. The van der Waals surface area contributed by atoms with Gasteiger partial charge in [0.2, 0.25) is 11.8 Å². The fraction of sp³-hybridized carbons (Fsp3) is 0.545. The summed E-state index contributed by atoms with van der Waals surface area (Å²) in [4.78, 5) is 37.7. The Kier molecular flexibility index (Phi) is 17.1. The highest BCUT2D eigenvalue weighted by Gasteiger charge is 2.22. The molecule has 0 atom stereocenters. The fourth-order valence-electron chi connectivity index (χ4n) is 4.57. The average molecular weight is 537 g/mol. The Morgan fingerprint density at radius 1 is 0.590 bits per heavy atom. The predicted octanol–water partition coefficient (Wildman–Crippen LogP) is 8.44. The minimum absolute atomic E-state index is 0.0819. The highest BCUT2D eigenvalue weighted by molar-refractivity contribution is 5.94. The van der Waals surface area contributed by atoms with Crippen LogP contribution in [-0.4, -0.2) is 23.9 Å². The minimum atomic E-state index is -0.827. The van der Waals surface area contributed by atoms with E-state index in [-0.39, 0.29) is 30.6 Å². The average Bonchev–Trinajstić information content (AvgIpc) is 2.92. The second-order valence-electron chi connectivity index (χ2n) is 10.3. The topological polar surface area (TPSA) is 84.5 Å². The van der Waals surface area contributed by atoms with Gasteiger partial charge in [-0.05, 0) is 30.7 Å². The number of ether oxygens (including phenoxy) is 1. The third kappa shape index (κ3) is 16.4. The van der Waals surface area contributed by atoms with Crippen LogP contribution in [0.5, 0.6) is 0 Å². The molecule has 6 nitrogen and oxygen atoms in total. The van der Waals surface area contributed by atoms with E-state index in [0.29, 0.717) is 17.8 Å². The van der Waals surface area contributed by atoms with E-state index in [4.69, 9.17) is 4.74 Å². The largest absolute Gasteiger partial charge is 0.461 e. The van der Waals surface area contributed by atoms with Crippen LogP contribution in [0.1, 0.15) is 110 Å². The lowest BCUT2D eigenvalue weighted by molar-refractivity contribution is -0.151.